The molecule has 0 saturated carbocycles. The van der Waals surface area contributed by atoms with Crippen LogP contribution in [0.15, 0.2) is 42.5 Å². The Kier molecular flexibility index (Phi) is 6.10. The SMILES string of the molecule is CCN(Cc1ccc(OC)cc1)C(=O)c1ccc2c(c1)CCN2.Cl. The first-order valence-electron chi connectivity index (χ1n) is 8.00. The van der Waals surface area contributed by atoms with Crippen molar-refractivity contribution >= 4 is 24.0 Å². The summed E-state index contributed by atoms with van der Waals surface area (Å²) in [6.07, 6.45) is 0.987. The first kappa shape index (κ1) is 18.1. The van der Waals surface area contributed by atoms with Crippen molar-refractivity contribution in [2.75, 3.05) is 25.5 Å². The molecular weight excluding hydrogens is 324 g/mol. The van der Waals surface area contributed by atoms with Crippen LogP contribution in [0.25, 0.3) is 0 Å². The van der Waals surface area contributed by atoms with Gasteiger partial charge in [-0.3, -0.25) is 4.79 Å². The van der Waals surface area contributed by atoms with E-state index in [1.165, 1.54) is 5.56 Å². The summed E-state index contributed by atoms with van der Waals surface area (Å²) in [6.45, 7) is 4.25. The number of methoxy groups -OCH3 is 1. The number of carbonyl (C=O) groups excluding carboxylic acids is 1. The summed E-state index contributed by atoms with van der Waals surface area (Å²) in [4.78, 5) is 14.7. The van der Waals surface area contributed by atoms with E-state index in [9.17, 15) is 4.79 Å². The molecule has 1 amide bonds. The molecule has 0 aliphatic carbocycles. The summed E-state index contributed by atoms with van der Waals surface area (Å²) in [6, 6.07) is 13.8. The van der Waals surface area contributed by atoms with E-state index in [2.05, 4.69) is 5.32 Å². The quantitative estimate of drug-likeness (QED) is 0.896. The van der Waals surface area contributed by atoms with E-state index < -0.39 is 0 Å². The third kappa shape index (κ3) is 3.82. The van der Waals surface area contributed by atoms with Gasteiger partial charge in [-0.1, -0.05) is 12.1 Å². The van der Waals surface area contributed by atoms with Gasteiger partial charge in [0.25, 0.3) is 5.91 Å². The number of ether oxygens (including phenoxy) is 1. The summed E-state index contributed by atoms with van der Waals surface area (Å²) in [7, 11) is 1.65. The number of halogens is 1. The molecule has 0 spiro atoms. The van der Waals surface area contributed by atoms with Gasteiger partial charge in [-0.15, -0.1) is 12.4 Å². The maximum atomic E-state index is 12.8. The maximum absolute atomic E-state index is 12.8. The van der Waals surface area contributed by atoms with Crippen LogP contribution in [-0.2, 0) is 13.0 Å². The third-order valence-electron chi connectivity index (χ3n) is 4.26. The highest BCUT2D eigenvalue weighted by Gasteiger charge is 2.18. The molecule has 3 rings (SSSR count). The number of rotatable bonds is 5. The standard InChI is InChI=1S/C19H22N2O2.ClH/c1-3-21(13-14-4-7-17(23-2)8-5-14)19(22)16-6-9-18-15(12-16)10-11-20-18;/h4-9,12,20H,3,10-11,13H2,1-2H3;1H. The minimum Gasteiger partial charge on any atom is -0.497 e. The summed E-state index contributed by atoms with van der Waals surface area (Å²) >= 11 is 0. The summed E-state index contributed by atoms with van der Waals surface area (Å²) in [5, 5.41) is 3.32. The van der Waals surface area contributed by atoms with Crippen molar-refractivity contribution in [3.63, 3.8) is 0 Å². The van der Waals surface area contributed by atoms with Crippen LogP contribution in [0.2, 0.25) is 0 Å². The lowest BCUT2D eigenvalue weighted by Crippen LogP contribution is -2.30. The van der Waals surface area contributed by atoms with Gasteiger partial charge >= 0.3 is 0 Å². The lowest BCUT2D eigenvalue weighted by atomic mass is 10.1. The summed E-state index contributed by atoms with van der Waals surface area (Å²) in [5.74, 6) is 0.910. The van der Waals surface area contributed by atoms with Crippen molar-refractivity contribution in [2.24, 2.45) is 0 Å². The highest BCUT2D eigenvalue weighted by atomic mass is 35.5. The highest BCUT2D eigenvalue weighted by molar-refractivity contribution is 5.95. The lowest BCUT2D eigenvalue weighted by molar-refractivity contribution is 0.0752. The van der Waals surface area contributed by atoms with Gasteiger partial charge in [-0.05, 0) is 54.8 Å². The number of nitrogens with zero attached hydrogens (tertiary/aromatic N) is 1. The van der Waals surface area contributed by atoms with Gasteiger partial charge in [0.15, 0.2) is 0 Å². The second-order valence-electron chi connectivity index (χ2n) is 5.72. The largest absolute Gasteiger partial charge is 0.497 e. The van der Waals surface area contributed by atoms with Crippen LogP contribution >= 0.6 is 12.4 Å². The topological polar surface area (TPSA) is 41.6 Å². The van der Waals surface area contributed by atoms with Crippen LogP contribution in [0.4, 0.5) is 5.69 Å². The molecule has 0 radical (unpaired) electrons. The van der Waals surface area contributed by atoms with Gasteiger partial charge in [0, 0.05) is 30.9 Å². The summed E-state index contributed by atoms with van der Waals surface area (Å²) < 4.78 is 5.17. The molecule has 2 aromatic rings. The molecule has 128 valence electrons. The first-order chi connectivity index (χ1) is 11.2. The average Bonchev–Trinajstić information content (AvgIpc) is 3.07. The van der Waals surface area contributed by atoms with E-state index in [4.69, 9.17) is 4.74 Å². The predicted octanol–water partition coefficient (Wildman–Crippen LogP) is 3.75. The van der Waals surface area contributed by atoms with Gasteiger partial charge < -0.3 is 15.0 Å². The van der Waals surface area contributed by atoms with Crippen LogP contribution < -0.4 is 10.1 Å². The Morgan fingerprint density at radius 3 is 2.62 bits per heavy atom. The van der Waals surface area contributed by atoms with Crippen LogP contribution in [-0.4, -0.2) is 31.0 Å². The maximum Gasteiger partial charge on any atom is 0.254 e. The number of fused-ring (bicyclic) bond motifs is 1. The van der Waals surface area contributed by atoms with Crippen molar-refractivity contribution in [3.05, 3.63) is 59.2 Å². The third-order valence-corrected chi connectivity index (χ3v) is 4.26. The van der Waals surface area contributed by atoms with Crippen LogP contribution in [0.1, 0.15) is 28.4 Å². The Morgan fingerprint density at radius 1 is 1.21 bits per heavy atom. The predicted molar refractivity (Wildman–Crippen MR) is 99.3 cm³/mol. The van der Waals surface area contributed by atoms with Crippen molar-refractivity contribution in [2.45, 2.75) is 19.9 Å². The number of nitrogens with one attached hydrogen (secondary N) is 1. The summed E-state index contributed by atoms with van der Waals surface area (Å²) in [5.41, 5.74) is 4.25. The minimum absolute atomic E-state index is 0. The fourth-order valence-corrected chi connectivity index (χ4v) is 2.90. The molecule has 24 heavy (non-hydrogen) atoms. The minimum atomic E-state index is 0. The number of hydrogen-bond acceptors (Lipinski definition) is 3. The van der Waals surface area contributed by atoms with E-state index in [0.29, 0.717) is 13.1 Å². The lowest BCUT2D eigenvalue weighted by Gasteiger charge is -2.21. The normalized spacial score (nSPS) is 11.9. The molecule has 0 unspecified atom stereocenters. The zero-order valence-corrected chi connectivity index (χ0v) is 14.9. The molecule has 1 aliphatic heterocycles. The molecule has 4 nitrogen and oxygen atoms in total. The van der Waals surface area contributed by atoms with E-state index in [1.807, 2.05) is 54.3 Å². The Hall–Kier alpha value is -2.20. The Labute approximate surface area is 149 Å². The molecule has 0 saturated heterocycles. The molecular formula is C19H23ClN2O2. The molecule has 0 aromatic heterocycles. The number of hydrogen-bond donors (Lipinski definition) is 1. The Morgan fingerprint density at radius 2 is 1.96 bits per heavy atom. The molecule has 1 heterocycles. The zero-order chi connectivity index (χ0) is 16.2. The van der Waals surface area contributed by atoms with Gasteiger partial charge in [0.1, 0.15) is 5.75 Å². The second kappa shape index (κ2) is 8.06. The number of anilines is 1. The van der Waals surface area contributed by atoms with Gasteiger partial charge in [-0.2, -0.15) is 0 Å². The van der Waals surface area contributed by atoms with Crippen LogP contribution in [0.3, 0.4) is 0 Å². The molecule has 2 aromatic carbocycles. The average molecular weight is 347 g/mol. The van der Waals surface area contributed by atoms with E-state index >= 15 is 0 Å². The molecule has 1 aliphatic rings. The first-order valence-corrected chi connectivity index (χ1v) is 8.00. The van der Waals surface area contributed by atoms with Crippen LogP contribution in [0, 0.1) is 0 Å². The highest BCUT2D eigenvalue weighted by Crippen LogP contribution is 2.24. The van der Waals surface area contributed by atoms with Gasteiger partial charge in [0.2, 0.25) is 0 Å². The van der Waals surface area contributed by atoms with Gasteiger partial charge in [0.05, 0.1) is 7.11 Å². The van der Waals surface area contributed by atoms with Crippen LogP contribution in [0.5, 0.6) is 5.75 Å². The van der Waals surface area contributed by atoms with E-state index in [0.717, 1.165) is 35.5 Å². The fraction of sp³-hybridized carbons (Fsp3) is 0.316. The van der Waals surface area contributed by atoms with Crippen molar-refractivity contribution in [3.8, 4) is 5.75 Å². The molecule has 0 fully saturated rings. The Balaban J connectivity index is 0.00000208. The smallest absolute Gasteiger partial charge is 0.254 e. The second-order valence-corrected chi connectivity index (χ2v) is 5.72. The van der Waals surface area contributed by atoms with Crippen molar-refractivity contribution in [1.29, 1.82) is 0 Å². The van der Waals surface area contributed by atoms with Crippen molar-refractivity contribution in [1.82, 2.24) is 4.90 Å². The molecule has 0 atom stereocenters. The van der Waals surface area contributed by atoms with Crippen molar-refractivity contribution < 1.29 is 9.53 Å². The zero-order valence-electron chi connectivity index (χ0n) is 14.0. The molecule has 1 N–H and O–H groups in total. The van der Waals surface area contributed by atoms with E-state index in [-0.39, 0.29) is 18.3 Å². The molecule has 5 heteroatoms. The monoisotopic (exact) mass is 346 g/mol. The number of amides is 1. The number of benzene rings is 2. The number of carbonyl (C=O) groups is 1. The molecule has 0 bridgehead atoms. The Bertz CT molecular complexity index is 701. The fourth-order valence-electron chi connectivity index (χ4n) is 2.90. The van der Waals surface area contributed by atoms with E-state index in [1.54, 1.807) is 7.11 Å². The van der Waals surface area contributed by atoms with Gasteiger partial charge in [-0.25, -0.2) is 0 Å².